The Labute approximate surface area is 151 Å². The molecule has 0 spiro atoms. The van der Waals surface area contributed by atoms with E-state index in [4.69, 9.17) is 0 Å². The number of aryl methyl sites for hydroxylation is 1. The zero-order valence-corrected chi connectivity index (χ0v) is 15.8. The average molecular weight is 363 g/mol. The number of aliphatic hydroxyl groups is 1. The van der Waals surface area contributed by atoms with Gasteiger partial charge in [0.1, 0.15) is 10.7 Å². The maximum atomic E-state index is 12.8. The highest BCUT2D eigenvalue weighted by molar-refractivity contribution is 7.09. The Hall–Kier alpha value is -1.77. The monoisotopic (exact) mass is 363 g/mol. The quantitative estimate of drug-likeness (QED) is 0.878. The number of fused-ring (bicyclic) bond motifs is 1. The summed E-state index contributed by atoms with van der Waals surface area (Å²) in [6.45, 7) is 4.62. The van der Waals surface area contributed by atoms with Crippen molar-refractivity contribution in [1.82, 2.24) is 24.6 Å². The first-order valence-corrected chi connectivity index (χ1v) is 9.49. The molecule has 1 atom stereocenters. The Kier molecular flexibility index (Phi) is 5.51. The van der Waals surface area contributed by atoms with E-state index in [9.17, 15) is 9.90 Å². The highest BCUT2D eigenvalue weighted by Crippen LogP contribution is 2.21. The van der Waals surface area contributed by atoms with Crippen molar-refractivity contribution in [2.75, 3.05) is 20.6 Å². The summed E-state index contributed by atoms with van der Waals surface area (Å²) in [5.74, 6) is -0.0338. The molecule has 2 aromatic heterocycles. The number of aliphatic hydroxyl groups excluding tert-OH is 1. The van der Waals surface area contributed by atoms with Crippen LogP contribution < -0.4 is 0 Å². The molecule has 0 saturated heterocycles. The second-order valence-corrected chi connectivity index (χ2v) is 7.59. The lowest BCUT2D eigenvalue weighted by Gasteiger charge is -2.18. The van der Waals surface area contributed by atoms with Crippen molar-refractivity contribution in [2.45, 2.75) is 45.5 Å². The van der Waals surface area contributed by atoms with Crippen molar-refractivity contribution >= 4 is 17.2 Å². The van der Waals surface area contributed by atoms with Crippen molar-refractivity contribution in [2.24, 2.45) is 0 Å². The van der Waals surface area contributed by atoms with Crippen LogP contribution in [0.2, 0.25) is 0 Å². The molecule has 0 aliphatic carbocycles. The standard InChI is InChI=1S/C17H25N5O2S/c1-4-15(23)13-8-12-9-21(6-5-7-22(12)19-13)17(24)14-11-25-16(18-14)10-20(2)3/h8,11,15,23H,4-7,9-10H2,1-3H3/t15-/m0/s1. The van der Waals surface area contributed by atoms with E-state index in [1.165, 1.54) is 11.3 Å². The highest BCUT2D eigenvalue weighted by Gasteiger charge is 2.24. The smallest absolute Gasteiger partial charge is 0.273 e. The van der Waals surface area contributed by atoms with Gasteiger partial charge in [0.2, 0.25) is 0 Å². The predicted molar refractivity (Wildman–Crippen MR) is 96.3 cm³/mol. The molecule has 0 unspecified atom stereocenters. The number of amides is 1. The van der Waals surface area contributed by atoms with E-state index in [2.05, 4.69) is 10.1 Å². The summed E-state index contributed by atoms with van der Waals surface area (Å²) in [5.41, 5.74) is 2.18. The van der Waals surface area contributed by atoms with Crippen molar-refractivity contribution < 1.29 is 9.90 Å². The Balaban J connectivity index is 1.75. The van der Waals surface area contributed by atoms with Gasteiger partial charge < -0.3 is 14.9 Å². The van der Waals surface area contributed by atoms with Crippen molar-refractivity contribution in [3.63, 3.8) is 0 Å². The Morgan fingerprint density at radius 2 is 2.24 bits per heavy atom. The first-order chi connectivity index (χ1) is 12.0. The SMILES string of the molecule is CC[C@H](O)c1cc2n(n1)CCCN(C(=O)c1csc(CN(C)C)n1)C2. The summed E-state index contributed by atoms with van der Waals surface area (Å²) >= 11 is 1.52. The first kappa shape index (κ1) is 18.0. The highest BCUT2D eigenvalue weighted by atomic mass is 32.1. The lowest BCUT2D eigenvalue weighted by atomic mass is 10.2. The third-order valence-corrected chi connectivity index (χ3v) is 5.10. The summed E-state index contributed by atoms with van der Waals surface area (Å²) in [7, 11) is 3.97. The molecule has 1 aliphatic rings. The molecular formula is C17H25N5O2S. The summed E-state index contributed by atoms with van der Waals surface area (Å²) in [5, 5.41) is 17.3. The summed E-state index contributed by atoms with van der Waals surface area (Å²) in [6.07, 6.45) is 0.930. The molecule has 0 radical (unpaired) electrons. The molecule has 1 aliphatic heterocycles. The molecule has 1 amide bonds. The first-order valence-electron chi connectivity index (χ1n) is 8.61. The minimum Gasteiger partial charge on any atom is -0.387 e. The molecular weight excluding hydrogens is 338 g/mol. The summed E-state index contributed by atoms with van der Waals surface area (Å²) < 4.78 is 1.92. The van der Waals surface area contributed by atoms with Crippen LogP contribution in [0.5, 0.6) is 0 Å². The van der Waals surface area contributed by atoms with E-state index >= 15 is 0 Å². The number of nitrogens with zero attached hydrogens (tertiary/aromatic N) is 5. The van der Waals surface area contributed by atoms with Gasteiger partial charge in [-0.3, -0.25) is 9.48 Å². The summed E-state index contributed by atoms with van der Waals surface area (Å²) in [4.78, 5) is 21.2. The number of hydrogen-bond donors (Lipinski definition) is 1. The maximum absolute atomic E-state index is 12.8. The topological polar surface area (TPSA) is 74.5 Å². The number of hydrogen-bond acceptors (Lipinski definition) is 6. The molecule has 136 valence electrons. The molecule has 25 heavy (non-hydrogen) atoms. The van der Waals surface area contributed by atoms with E-state index in [-0.39, 0.29) is 5.91 Å². The lowest BCUT2D eigenvalue weighted by Crippen LogP contribution is -2.31. The van der Waals surface area contributed by atoms with E-state index in [1.54, 1.807) is 0 Å². The third kappa shape index (κ3) is 4.08. The van der Waals surface area contributed by atoms with Crippen molar-refractivity contribution in [1.29, 1.82) is 0 Å². The second-order valence-electron chi connectivity index (χ2n) is 6.65. The van der Waals surface area contributed by atoms with Gasteiger partial charge in [-0.05, 0) is 33.0 Å². The zero-order chi connectivity index (χ0) is 18.0. The van der Waals surface area contributed by atoms with Crippen molar-refractivity contribution in [3.05, 3.63) is 33.5 Å². The van der Waals surface area contributed by atoms with Crippen LogP contribution >= 0.6 is 11.3 Å². The van der Waals surface area contributed by atoms with Gasteiger partial charge in [-0.25, -0.2) is 4.98 Å². The largest absolute Gasteiger partial charge is 0.387 e. The second kappa shape index (κ2) is 7.63. The molecule has 8 heteroatoms. The molecule has 0 aromatic carbocycles. The number of thiazole rings is 1. The van der Waals surface area contributed by atoms with Crippen LogP contribution in [0.4, 0.5) is 0 Å². The lowest BCUT2D eigenvalue weighted by molar-refractivity contribution is 0.0740. The zero-order valence-electron chi connectivity index (χ0n) is 15.0. The van der Waals surface area contributed by atoms with Gasteiger partial charge >= 0.3 is 0 Å². The normalized spacial score (nSPS) is 16.0. The van der Waals surface area contributed by atoms with E-state index in [0.29, 0.717) is 30.9 Å². The fourth-order valence-electron chi connectivity index (χ4n) is 2.94. The number of rotatable bonds is 5. The van der Waals surface area contributed by atoms with Gasteiger partial charge in [0.15, 0.2) is 0 Å². The van der Waals surface area contributed by atoms with E-state index in [1.807, 2.05) is 46.9 Å². The van der Waals surface area contributed by atoms with E-state index < -0.39 is 6.10 Å². The molecule has 0 bridgehead atoms. The third-order valence-electron chi connectivity index (χ3n) is 4.27. The molecule has 3 heterocycles. The summed E-state index contributed by atoms with van der Waals surface area (Å²) in [6, 6.07) is 1.91. The van der Waals surface area contributed by atoms with Crippen LogP contribution in [0.25, 0.3) is 0 Å². The van der Waals surface area contributed by atoms with Gasteiger partial charge in [0, 0.05) is 25.0 Å². The van der Waals surface area contributed by atoms with Crippen LogP contribution in [0.15, 0.2) is 11.4 Å². The molecule has 1 N–H and O–H groups in total. The van der Waals surface area contributed by atoms with E-state index in [0.717, 1.165) is 30.2 Å². The molecule has 3 rings (SSSR count). The fraction of sp³-hybridized carbons (Fsp3) is 0.588. The van der Waals surface area contributed by atoms with Crippen LogP contribution in [-0.4, -0.2) is 56.2 Å². The fourth-order valence-corrected chi connectivity index (χ4v) is 3.83. The Morgan fingerprint density at radius 1 is 1.44 bits per heavy atom. The van der Waals surface area contributed by atoms with Gasteiger partial charge in [-0.1, -0.05) is 6.92 Å². The molecule has 7 nitrogen and oxygen atoms in total. The molecule has 0 saturated carbocycles. The van der Waals surface area contributed by atoms with Crippen molar-refractivity contribution in [3.8, 4) is 0 Å². The van der Waals surface area contributed by atoms with Crippen LogP contribution in [0.3, 0.4) is 0 Å². The van der Waals surface area contributed by atoms with Gasteiger partial charge in [-0.2, -0.15) is 5.10 Å². The molecule has 2 aromatic rings. The van der Waals surface area contributed by atoms with Crippen LogP contribution in [0, 0.1) is 0 Å². The number of carbonyl (C=O) groups is 1. The van der Waals surface area contributed by atoms with Gasteiger partial charge in [-0.15, -0.1) is 11.3 Å². The minimum absolute atomic E-state index is 0.0338. The van der Waals surface area contributed by atoms with Crippen LogP contribution in [0.1, 0.15) is 52.8 Å². The van der Waals surface area contributed by atoms with Gasteiger partial charge in [0.05, 0.1) is 24.0 Å². The van der Waals surface area contributed by atoms with Gasteiger partial charge in [0.25, 0.3) is 5.91 Å². The minimum atomic E-state index is -0.546. The molecule has 0 fully saturated rings. The number of carbonyl (C=O) groups excluding carboxylic acids is 1. The van der Waals surface area contributed by atoms with Crippen LogP contribution in [-0.2, 0) is 19.6 Å². The average Bonchev–Trinajstić information content (AvgIpc) is 3.15. The number of aromatic nitrogens is 3. The predicted octanol–water partition coefficient (Wildman–Crippen LogP) is 1.89. The maximum Gasteiger partial charge on any atom is 0.273 e. The Bertz CT molecular complexity index is 739. The Morgan fingerprint density at radius 3 is 2.96 bits per heavy atom.